The first-order valence-electron chi connectivity index (χ1n) is 13.5. The topological polar surface area (TPSA) is 52.6 Å². The van der Waals surface area contributed by atoms with Gasteiger partial charge in [0.25, 0.3) is 0 Å². The van der Waals surface area contributed by atoms with Crippen molar-refractivity contribution < 1.29 is 19.1 Å². The lowest BCUT2D eigenvalue weighted by Gasteiger charge is -2.15. The van der Waals surface area contributed by atoms with Crippen LogP contribution in [0.5, 0.6) is 0 Å². The van der Waals surface area contributed by atoms with Gasteiger partial charge in [0.1, 0.15) is 0 Å². The van der Waals surface area contributed by atoms with Crippen molar-refractivity contribution in [2.24, 2.45) is 5.92 Å². The van der Waals surface area contributed by atoms with Crippen molar-refractivity contribution in [3.63, 3.8) is 0 Å². The molecule has 0 spiro atoms. The van der Waals surface area contributed by atoms with E-state index in [-0.39, 0.29) is 0 Å². The van der Waals surface area contributed by atoms with Gasteiger partial charge in [-0.2, -0.15) is 0 Å². The summed E-state index contributed by atoms with van der Waals surface area (Å²) >= 11 is 0. The van der Waals surface area contributed by atoms with Crippen LogP contribution >= 0.6 is 0 Å². The highest BCUT2D eigenvalue weighted by Crippen LogP contribution is 2.17. The van der Waals surface area contributed by atoms with E-state index in [1.165, 1.54) is 77.0 Å². The summed E-state index contributed by atoms with van der Waals surface area (Å²) in [5.41, 5.74) is 0. The fourth-order valence-electron chi connectivity index (χ4n) is 3.71. The van der Waals surface area contributed by atoms with Gasteiger partial charge in [0.2, 0.25) is 0 Å². The molecule has 0 saturated carbocycles. The monoisotopic (exact) mass is 440 g/mol. The van der Waals surface area contributed by atoms with Crippen molar-refractivity contribution in [3.05, 3.63) is 0 Å². The van der Waals surface area contributed by atoms with Crippen LogP contribution in [0.25, 0.3) is 0 Å². The molecule has 184 valence electrons. The summed E-state index contributed by atoms with van der Waals surface area (Å²) in [4.78, 5) is 24.7. The Bertz CT molecular complexity index is 386. The van der Waals surface area contributed by atoms with Crippen molar-refractivity contribution in [2.75, 3.05) is 13.2 Å². The molecule has 0 bridgehead atoms. The van der Waals surface area contributed by atoms with Crippen LogP contribution in [0.2, 0.25) is 0 Å². The first-order chi connectivity index (χ1) is 15.2. The summed E-state index contributed by atoms with van der Waals surface area (Å²) in [5, 5.41) is 0. The second-order valence-corrected chi connectivity index (χ2v) is 8.98. The number of ether oxygens (including phenoxy) is 2. The van der Waals surface area contributed by atoms with Crippen LogP contribution in [0.3, 0.4) is 0 Å². The number of rotatable bonds is 23. The van der Waals surface area contributed by atoms with Gasteiger partial charge in [-0.3, -0.25) is 9.59 Å². The second-order valence-electron chi connectivity index (χ2n) is 8.98. The standard InChI is InChI=1S/C27H52O4/c1-4-7-10-11-12-13-14-15-16-17-18-19-20-21-22-25(26(28)30-23-8-5-2)27(29)31-24-9-6-3/h25H,4-24H2,1-3H3. The molecule has 0 N–H and O–H groups in total. The lowest BCUT2D eigenvalue weighted by atomic mass is 9.99. The van der Waals surface area contributed by atoms with E-state index in [1.807, 2.05) is 0 Å². The SMILES string of the molecule is CCCCCCCCCCCCCCCCC(C(=O)OCCCC)C(=O)OCCCC. The number of hydrogen-bond acceptors (Lipinski definition) is 4. The van der Waals surface area contributed by atoms with Gasteiger partial charge < -0.3 is 9.47 Å². The summed E-state index contributed by atoms with van der Waals surface area (Å²) in [7, 11) is 0. The predicted molar refractivity (Wildman–Crippen MR) is 130 cm³/mol. The van der Waals surface area contributed by atoms with E-state index in [4.69, 9.17) is 9.47 Å². The van der Waals surface area contributed by atoms with Crippen LogP contribution in [0.4, 0.5) is 0 Å². The second kappa shape index (κ2) is 23.6. The molecular formula is C27H52O4. The zero-order valence-corrected chi connectivity index (χ0v) is 21.1. The Balaban J connectivity index is 3.85. The number of carbonyl (C=O) groups is 2. The quantitative estimate of drug-likeness (QED) is 0.0913. The van der Waals surface area contributed by atoms with Gasteiger partial charge in [-0.1, -0.05) is 124 Å². The van der Waals surface area contributed by atoms with Crippen LogP contribution in [0, 0.1) is 5.92 Å². The van der Waals surface area contributed by atoms with Crippen molar-refractivity contribution in [2.45, 2.75) is 143 Å². The number of esters is 2. The van der Waals surface area contributed by atoms with Crippen molar-refractivity contribution in [1.29, 1.82) is 0 Å². The third kappa shape index (κ3) is 19.4. The fourth-order valence-corrected chi connectivity index (χ4v) is 3.71. The molecule has 0 aliphatic heterocycles. The van der Waals surface area contributed by atoms with Crippen LogP contribution in [-0.2, 0) is 19.1 Å². The lowest BCUT2D eigenvalue weighted by Crippen LogP contribution is -2.28. The van der Waals surface area contributed by atoms with Crippen molar-refractivity contribution in [1.82, 2.24) is 0 Å². The van der Waals surface area contributed by atoms with Crippen LogP contribution in [0.1, 0.15) is 143 Å². The average Bonchev–Trinajstić information content (AvgIpc) is 2.76. The van der Waals surface area contributed by atoms with E-state index in [2.05, 4.69) is 20.8 Å². The van der Waals surface area contributed by atoms with Crippen LogP contribution < -0.4 is 0 Å². The van der Waals surface area contributed by atoms with Gasteiger partial charge in [-0.25, -0.2) is 0 Å². The molecule has 0 unspecified atom stereocenters. The highest BCUT2D eigenvalue weighted by Gasteiger charge is 2.29. The third-order valence-electron chi connectivity index (χ3n) is 5.90. The molecule has 0 fully saturated rings. The molecule has 0 aliphatic carbocycles. The molecule has 0 amide bonds. The molecule has 0 saturated heterocycles. The zero-order valence-electron chi connectivity index (χ0n) is 21.1. The maximum Gasteiger partial charge on any atom is 0.320 e. The molecule has 0 aromatic carbocycles. The van der Waals surface area contributed by atoms with Gasteiger partial charge in [0.05, 0.1) is 13.2 Å². The molecule has 0 aromatic heterocycles. The van der Waals surface area contributed by atoms with E-state index in [9.17, 15) is 9.59 Å². The maximum absolute atomic E-state index is 12.3. The largest absolute Gasteiger partial charge is 0.465 e. The summed E-state index contributed by atoms with van der Waals surface area (Å²) in [6, 6.07) is 0. The van der Waals surface area contributed by atoms with E-state index >= 15 is 0 Å². The molecular weight excluding hydrogens is 388 g/mol. The van der Waals surface area contributed by atoms with Gasteiger partial charge in [-0.05, 0) is 19.3 Å². The zero-order chi connectivity index (χ0) is 23.0. The smallest absolute Gasteiger partial charge is 0.320 e. The Hall–Kier alpha value is -1.06. The minimum Gasteiger partial charge on any atom is -0.465 e. The maximum atomic E-state index is 12.3. The molecule has 0 atom stereocenters. The van der Waals surface area contributed by atoms with Gasteiger partial charge in [0.15, 0.2) is 5.92 Å². The summed E-state index contributed by atoms with van der Waals surface area (Å²) in [6.07, 6.45) is 22.3. The number of carbonyl (C=O) groups excluding carboxylic acids is 2. The number of unbranched alkanes of at least 4 members (excludes halogenated alkanes) is 15. The van der Waals surface area contributed by atoms with E-state index in [1.54, 1.807) is 0 Å². The van der Waals surface area contributed by atoms with Crippen LogP contribution in [-0.4, -0.2) is 25.2 Å². The van der Waals surface area contributed by atoms with Crippen molar-refractivity contribution >= 4 is 11.9 Å². The highest BCUT2D eigenvalue weighted by atomic mass is 16.6. The number of hydrogen-bond donors (Lipinski definition) is 0. The molecule has 0 aliphatic rings. The Morgan fingerprint density at radius 3 is 1.16 bits per heavy atom. The first kappa shape index (κ1) is 29.9. The predicted octanol–water partition coefficient (Wildman–Crippen LogP) is 8.16. The normalized spacial score (nSPS) is 11.1. The Morgan fingerprint density at radius 2 is 0.806 bits per heavy atom. The highest BCUT2D eigenvalue weighted by molar-refractivity contribution is 5.94. The molecule has 0 heterocycles. The summed E-state index contributed by atoms with van der Waals surface area (Å²) < 4.78 is 10.6. The lowest BCUT2D eigenvalue weighted by molar-refractivity contribution is -0.162. The minimum absolute atomic E-state index is 0.396. The minimum atomic E-state index is -0.744. The van der Waals surface area contributed by atoms with E-state index in [0.717, 1.165) is 38.5 Å². The van der Waals surface area contributed by atoms with Gasteiger partial charge >= 0.3 is 11.9 Å². The van der Waals surface area contributed by atoms with E-state index in [0.29, 0.717) is 19.6 Å². The van der Waals surface area contributed by atoms with Gasteiger partial charge in [-0.15, -0.1) is 0 Å². The Labute approximate surface area is 193 Å². The molecule has 0 rings (SSSR count). The van der Waals surface area contributed by atoms with Gasteiger partial charge in [0, 0.05) is 0 Å². The summed E-state index contributed by atoms with van der Waals surface area (Å²) in [5.74, 6) is -1.54. The van der Waals surface area contributed by atoms with Crippen molar-refractivity contribution in [3.8, 4) is 0 Å². The molecule has 31 heavy (non-hydrogen) atoms. The molecule has 4 nitrogen and oxygen atoms in total. The average molecular weight is 441 g/mol. The molecule has 0 aromatic rings. The third-order valence-corrected chi connectivity index (χ3v) is 5.90. The molecule has 0 radical (unpaired) electrons. The Kier molecular flexibility index (Phi) is 22.8. The van der Waals surface area contributed by atoms with Crippen LogP contribution in [0.15, 0.2) is 0 Å². The summed E-state index contributed by atoms with van der Waals surface area (Å²) in [6.45, 7) is 7.17. The van der Waals surface area contributed by atoms with E-state index < -0.39 is 17.9 Å². The molecule has 4 heteroatoms. The Morgan fingerprint density at radius 1 is 0.484 bits per heavy atom. The fraction of sp³-hybridized carbons (Fsp3) is 0.926. The first-order valence-corrected chi connectivity index (χ1v) is 13.5.